The fourth-order valence-electron chi connectivity index (χ4n) is 2.09. The second-order valence-corrected chi connectivity index (χ2v) is 5.59. The van der Waals surface area contributed by atoms with Crippen LogP contribution in [0.2, 0.25) is 0 Å². The zero-order valence-electron chi connectivity index (χ0n) is 11.8. The van der Waals surface area contributed by atoms with E-state index in [9.17, 15) is 9.18 Å². The second kappa shape index (κ2) is 6.15. The summed E-state index contributed by atoms with van der Waals surface area (Å²) in [5.41, 5.74) is 0.991. The van der Waals surface area contributed by atoms with Crippen LogP contribution in [0, 0.1) is 5.82 Å². The molecular weight excluding hydrogens is 303 g/mol. The van der Waals surface area contributed by atoms with E-state index in [1.807, 2.05) is 19.3 Å². The van der Waals surface area contributed by atoms with Gasteiger partial charge in [-0.05, 0) is 24.3 Å². The van der Waals surface area contributed by atoms with Gasteiger partial charge in [0.25, 0.3) is 0 Å². The van der Waals surface area contributed by atoms with Crippen molar-refractivity contribution in [3.63, 3.8) is 0 Å². The van der Waals surface area contributed by atoms with E-state index in [1.54, 1.807) is 28.8 Å². The summed E-state index contributed by atoms with van der Waals surface area (Å²) in [7, 11) is 1.82. The number of benzene rings is 1. The molecule has 0 aliphatic heterocycles. The zero-order chi connectivity index (χ0) is 15.5. The highest BCUT2D eigenvalue weighted by Gasteiger charge is 2.14. The number of ketones is 1. The average molecular weight is 316 g/mol. The van der Waals surface area contributed by atoms with Crippen molar-refractivity contribution in [2.45, 2.75) is 5.16 Å². The fourth-order valence-corrected chi connectivity index (χ4v) is 2.89. The Morgan fingerprint density at radius 1 is 1.27 bits per heavy atom. The van der Waals surface area contributed by atoms with Gasteiger partial charge >= 0.3 is 0 Å². The van der Waals surface area contributed by atoms with Crippen molar-refractivity contribution in [3.8, 4) is 5.69 Å². The van der Waals surface area contributed by atoms with Gasteiger partial charge in [0, 0.05) is 13.2 Å². The molecule has 7 heteroatoms. The normalized spacial score (nSPS) is 10.8. The maximum Gasteiger partial charge on any atom is 0.196 e. The average Bonchev–Trinajstić information content (AvgIpc) is 3.14. The van der Waals surface area contributed by atoms with Gasteiger partial charge in [-0.3, -0.25) is 9.36 Å². The number of hydrogen-bond donors (Lipinski definition) is 0. The molecule has 2 heterocycles. The molecule has 0 aliphatic rings. The summed E-state index contributed by atoms with van der Waals surface area (Å²) in [5.74, 6) is -0.163. The highest BCUT2D eigenvalue weighted by Crippen LogP contribution is 2.22. The van der Waals surface area contributed by atoms with Crippen LogP contribution in [0.15, 0.2) is 54.1 Å². The van der Waals surface area contributed by atoms with Gasteiger partial charge in [-0.25, -0.2) is 4.39 Å². The van der Waals surface area contributed by atoms with Gasteiger partial charge in [-0.1, -0.05) is 23.9 Å². The molecule has 2 aromatic heterocycles. The third kappa shape index (κ3) is 2.80. The first kappa shape index (κ1) is 14.5. The zero-order valence-corrected chi connectivity index (χ0v) is 12.6. The summed E-state index contributed by atoms with van der Waals surface area (Å²) in [5, 5.41) is 8.25. The number of hydrogen-bond acceptors (Lipinski definition) is 4. The van der Waals surface area contributed by atoms with E-state index in [-0.39, 0.29) is 17.4 Å². The third-order valence-electron chi connectivity index (χ3n) is 3.19. The SMILES string of the molecule is Cn1cccc1C(=O)CSc1nncn1-c1ccccc1F. The number of carbonyl (C=O) groups excluding carboxylic acids is 1. The van der Waals surface area contributed by atoms with Crippen molar-refractivity contribution in [3.05, 3.63) is 60.4 Å². The maximum atomic E-state index is 13.9. The molecule has 0 atom stereocenters. The van der Waals surface area contributed by atoms with E-state index < -0.39 is 0 Å². The first-order valence-corrected chi connectivity index (χ1v) is 7.57. The van der Waals surface area contributed by atoms with Crippen LogP contribution >= 0.6 is 11.8 Å². The van der Waals surface area contributed by atoms with Gasteiger partial charge < -0.3 is 4.57 Å². The smallest absolute Gasteiger partial charge is 0.196 e. The Balaban J connectivity index is 1.78. The van der Waals surface area contributed by atoms with Gasteiger partial charge in [0.05, 0.1) is 17.1 Å². The van der Waals surface area contributed by atoms with E-state index in [1.165, 1.54) is 28.7 Å². The van der Waals surface area contributed by atoms with Crippen LogP contribution in [0.5, 0.6) is 0 Å². The minimum atomic E-state index is -0.363. The standard InChI is InChI=1S/C15H13FN4OS/c1-19-8-4-7-13(19)14(21)9-22-15-18-17-10-20(15)12-6-3-2-5-11(12)16/h2-8,10H,9H2,1H3. The lowest BCUT2D eigenvalue weighted by Crippen LogP contribution is -2.08. The summed E-state index contributed by atoms with van der Waals surface area (Å²) >= 11 is 1.23. The molecule has 1 aromatic carbocycles. The van der Waals surface area contributed by atoms with Crippen LogP contribution in [0.4, 0.5) is 4.39 Å². The second-order valence-electron chi connectivity index (χ2n) is 4.65. The fraction of sp³-hybridized carbons (Fsp3) is 0.133. The molecule has 3 rings (SSSR count). The largest absolute Gasteiger partial charge is 0.348 e. The van der Waals surface area contributed by atoms with Crippen LogP contribution in [-0.2, 0) is 7.05 Å². The van der Waals surface area contributed by atoms with Crippen molar-refractivity contribution in [2.24, 2.45) is 7.05 Å². The van der Waals surface area contributed by atoms with E-state index in [2.05, 4.69) is 10.2 Å². The molecule has 0 fully saturated rings. The predicted octanol–water partition coefficient (Wildman–Crippen LogP) is 2.72. The number of aryl methyl sites for hydroxylation is 1. The monoisotopic (exact) mass is 316 g/mol. The Morgan fingerprint density at radius 3 is 2.82 bits per heavy atom. The number of thioether (sulfide) groups is 1. The van der Waals surface area contributed by atoms with Crippen LogP contribution < -0.4 is 0 Å². The van der Waals surface area contributed by atoms with Gasteiger partial charge in [-0.15, -0.1) is 10.2 Å². The summed E-state index contributed by atoms with van der Waals surface area (Å²) in [6.45, 7) is 0. The minimum Gasteiger partial charge on any atom is -0.348 e. The molecule has 0 unspecified atom stereocenters. The number of halogens is 1. The summed E-state index contributed by atoms with van der Waals surface area (Å²) < 4.78 is 17.2. The molecule has 3 aromatic rings. The molecule has 0 N–H and O–H groups in total. The Morgan fingerprint density at radius 2 is 2.09 bits per heavy atom. The lowest BCUT2D eigenvalue weighted by Gasteiger charge is -2.07. The minimum absolute atomic E-state index is 0.0133. The number of rotatable bonds is 5. The molecule has 0 aliphatic carbocycles. The lowest BCUT2D eigenvalue weighted by molar-refractivity contribution is 0.101. The third-order valence-corrected chi connectivity index (χ3v) is 4.13. The van der Waals surface area contributed by atoms with Gasteiger partial charge in [0.2, 0.25) is 0 Å². The van der Waals surface area contributed by atoms with E-state index in [4.69, 9.17) is 0 Å². The number of carbonyl (C=O) groups is 1. The number of nitrogens with zero attached hydrogens (tertiary/aromatic N) is 4. The van der Waals surface area contributed by atoms with E-state index >= 15 is 0 Å². The first-order chi connectivity index (χ1) is 10.7. The van der Waals surface area contributed by atoms with Crippen LogP contribution in [0.1, 0.15) is 10.5 Å². The van der Waals surface area contributed by atoms with Crippen molar-refractivity contribution >= 4 is 17.5 Å². The summed E-state index contributed by atoms with van der Waals surface area (Å²) in [6.07, 6.45) is 3.26. The maximum absolute atomic E-state index is 13.9. The molecule has 22 heavy (non-hydrogen) atoms. The molecule has 0 radical (unpaired) electrons. The number of para-hydroxylation sites is 1. The predicted molar refractivity (Wildman–Crippen MR) is 81.8 cm³/mol. The Hall–Kier alpha value is -2.41. The highest BCUT2D eigenvalue weighted by molar-refractivity contribution is 7.99. The Labute approximate surface area is 130 Å². The molecule has 0 saturated carbocycles. The van der Waals surface area contributed by atoms with Crippen LogP contribution in [0.3, 0.4) is 0 Å². The van der Waals surface area contributed by atoms with Gasteiger partial charge in [0.15, 0.2) is 10.9 Å². The molecule has 0 bridgehead atoms. The molecule has 0 amide bonds. The lowest BCUT2D eigenvalue weighted by atomic mass is 10.3. The molecule has 5 nitrogen and oxygen atoms in total. The molecular formula is C15H13FN4OS. The Kier molecular flexibility index (Phi) is 4.06. The highest BCUT2D eigenvalue weighted by atomic mass is 32.2. The quantitative estimate of drug-likeness (QED) is 0.536. The van der Waals surface area contributed by atoms with E-state index in [0.29, 0.717) is 16.5 Å². The number of aromatic nitrogens is 4. The summed E-state index contributed by atoms with van der Waals surface area (Å²) in [4.78, 5) is 12.2. The topological polar surface area (TPSA) is 52.7 Å². The van der Waals surface area contributed by atoms with Crippen molar-refractivity contribution < 1.29 is 9.18 Å². The molecule has 0 spiro atoms. The van der Waals surface area contributed by atoms with Crippen molar-refractivity contribution in [1.82, 2.24) is 19.3 Å². The van der Waals surface area contributed by atoms with Crippen LogP contribution in [-0.4, -0.2) is 30.9 Å². The Bertz CT molecular complexity index is 811. The van der Waals surface area contributed by atoms with Crippen LogP contribution in [0.25, 0.3) is 5.69 Å². The summed E-state index contributed by atoms with van der Waals surface area (Å²) in [6, 6.07) is 9.96. The first-order valence-electron chi connectivity index (χ1n) is 6.59. The van der Waals surface area contributed by atoms with Gasteiger partial charge in [0.1, 0.15) is 12.1 Å². The number of Topliss-reactive ketones (excluding diaryl/α,β-unsaturated/α-hetero) is 1. The van der Waals surface area contributed by atoms with Crippen molar-refractivity contribution in [2.75, 3.05) is 5.75 Å². The van der Waals surface area contributed by atoms with E-state index in [0.717, 1.165) is 0 Å². The molecule has 112 valence electrons. The molecule has 0 saturated heterocycles. The van der Waals surface area contributed by atoms with Gasteiger partial charge in [-0.2, -0.15) is 0 Å². The van der Waals surface area contributed by atoms with Crippen molar-refractivity contribution in [1.29, 1.82) is 0 Å².